The van der Waals surface area contributed by atoms with Gasteiger partial charge in [0.25, 0.3) is 0 Å². The van der Waals surface area contributed by atoms with E-state index in [4.69, 9.17) is 5.73 Å². The average Bonchev–Trinajstić information content (AvgIpc) is 2.18. The quantitative estimate of drug-likeness (QED) is 0.733. The predicted octanol–water partition coefficient (Wildman–Crippen LogP) is 2.48. The van der Waals surface area contributed by atoms with Crippen LogP contribution in [-0.4, -0.2) is 31.1 Å². The molecular weight excluding hydrogens is 184 g/mol. The van der Waals surface area contributed by atoms with Gasteiger partial charge in [-0.2, -0.15) is 0 Å². The molecule has 0 saturated carbocycles. The molecule has 2 nitrogen and oxygen atoms in total. The van der Waals surface area contributed by atoms with Gasteiger partial charge in [-0.1, -0.05) is 13.8 Å². The van der Waals surface area contributed by atoms with Gasteiger partial charge in [-0.3, -0.25) is 0 Å². The zero-order valence-electron chi connectivity index (χ0n) is 10.5. The van der Waals surface area contributed by atoms with E-state index in [1.165, 1.54) is 51.7 Å². The zero-order chi connectivity index (χ0) is 11.1. The maximum Gasteiger partial charge on any atom is 0.00101 e. The van der Waals surface area contributed by atoms with Crippen LogP contribution in [0.1, 0.15) is 46.0 Å². The molecule has 0 amide bonds. The Bertz CT molecular complexity index is 155. The molecule has 90 valence electrons. The van der Waals surface area contributed by atoms with Crippen molar-refractivity contribution in [3.63, 3.8) is 0 Å². The molecule has 1 aliphatic rings. The maximum atomic E-state index is 5.63. The lowest BCUT2D eigenvalue weighted by atomic mass is 9.94. The number of hydrogen-bond acceptors (Lipinski definition) is 2. The lowest BCUT2D eigenvalue weighted by Crippen LogP contribution is -2.36. The molecule has 1 fully saturated rings. The Morgan fingerprint density at radius 2 is 2.20 bits per heavy atom. The molecular formula is C13H28N2. The van der Waals surface area contributed by atoms with E-state index in [-0.39, 0.29) is 0 Å². The van der Waals surface area contributed by atoms with Crippen molar-refractivity contribution in [2.24, 2.45) is 17.6 Å². The molecule has 1 saturated heterocycles. The fourth-order valence-electron chi connectivity index (χ4n) is 2.55. The summed E-state index contributed by atoms with van der Waals surface area (Å²) in [5, 5.41) is 0. The number of nitrogens with zero attached hydrogens (tertiary/aromatic N) is 1. The summed E-state index contributed by atoms with van der Waals surface area (Å²) in [5.41, 5.74) is 5.63. The van der Waals surface area contributed by atoms with Crippen LogP contribution in [0.25, 0.3) is 0 Å². The summed E-state index contributed by atoms with van der Waals surface area (Å²) in [6, 6.07) is 0. The summed E-state index contributed by atoms with van der Waals surface area (Å²) in [5.74, 6) is 1.73. The van der Waals surface area contributed by atoms with Gasteiger partial charge < -0.3 is 10.6 Å². The highest BCUT2D eigenvalue weighted by atomic mass is 15.1. The molecule has 2 N–H and O–H groups in total. The first-order valence-electron chi connectivity index (χ1n) is 6.64. The molecule has 0 aliphatic carbocycles. The number of likely N-dealkylation sites (tertiary alicyclic amines) is 1. The van der Waals surface area contributed by atoms with Crippen LogP contribution >= 0.6 is 0 Å². The fraction of sp³-hybridized carbons (Fsp3) is 1.00. The van der Waals surface area contributed by atoms with Crippen molar-refractivity contribution >= 4 is 0 Å². The summed E-state index contributed by atoms with van der Waals surface area (Å²) in [6.07, 6.45) is 6.75. The third kappa shape index (κ3) is 5.53. The third-order valence-electron chi connectivity index (χ3n) is 3.43. The summed E-state index contributed by atoms with van der Waals surface area (Å²) >= 11 is 0. The monoisotopic (exact) mass is 212 g/mol. The second-order valence-corrected chi connectivity index (χ2v) is 5.42. The Kier molecular flexibility index (Phi) is 6.26. The normalized spacial score (nSPS) is 23.6. The molecule has 0 spiro atoms. The van der Waals surface area contributed by atoms with E-state index in [0.29, 0.717) is 0 Å². The Morgan fingerprint density at radius 3 is 2.87 bits per heavy atom. The third-order valence-corrected chi connectivity index (χ3v) is 3.43. The zero-order valence-corrected chi connectivity index (χ0v) is 10.5. The Hall–Kier alpha value is -0.0800. The highest BCUT2D eigenvalue weighted by molar-refractivity contribution is 4.73. The van der Waals surface area contributed by atoms with Crippen LogP contribution in [0.5, 0.6) is 0 Å². The number of piperidine rings is 1. The second kappa shape index (κ2) is 7.24. The van der Waals surface area contributed by atoms with Crippen LogP contribution in [0.15, 0.2) is 0 Å². The summed E-state index contributed by atoms with van der Waals surface area (Å²) < 4.78 is 0. The van der Waals surface area contributed by atoms with E-state index < -0.39 is 0 Å². The lowest BCUT2D eigenvalue weighted by molar-refractivity contribution is 0.166. The Balaban J connectivity index is 2.12. The average molecular weight is 212 g/mol. The van der Waals surface area contributed by atoms with Crippen molar-refractivity contribution in [2.45, 2.75) is 46.0 Å². The molecule has 1 heterocycles. The predicted molar refractivity (Wildman–Crippen MR) is 66.9 cm³/mol. The van der Waals surface area contributed by atoms with E-state index in [2.05, 4.69) is 18.7 Å². The van der Waals surface area contributed by atoms with Crippen LogP contribution in [0.2, 0.25) is 0 Å². The first-order valence-corrected chi connectivity index (χ1v) is 6.64. The highest BCUT2D eigenvalue weighted by Crippen LogP contribution is 2.19. The molecule has 1 aliphatic heterocycles. The largest absolute Gasteiger partial charge is 0.330 e. The van der Waals surface area contributed by atoms with E-state index in [0.717, 1.165) is 18.4 Å². The standard InChI is InChI=1S/C13H28N2/c1-12(2)5-3-9-15-10-4-6-13(11-15)7-8-14/h12-13H,3-11,14H2,1-2H3. The van der Waals surface area contributed by atoms with Crippen LogP contribution in [0.4, 0.5) is 0 Å². The first kappa shape index (κ1) is 13.0. The smallest absolute Gasteiger partial charge is 0.00101 e. The van der Waals surface area contributed by atoms with E-state index >= 15 is 0 Å². The molecule has 0 bridgehead atoms. The topological polar surface area (TPSA) is 29.3 Å². The van der Waals surface area contributed by atoms with Gasteiger partial charge in [0.1, 0.15) is 0 Å². The number of rotatable bonds is 6. The number of hydrogen-bond donors (Lipinski definition) is 1. The minimum atomic E-state index is 0.856. The molecule has 0 aromatic rings. The summed E-state index contributed by atoms with van der Waals surface area (Å²) in [6.45, 7) is 9.42. The fourth-order valence-corrected chi connectivity index (χ4v) is 2.55. The van der Waals surface area contributed by atoms with Crippen molar-refractivity contribution in [1.29, 1.82) is 0 Å². The molecule has 2 heteroatoms. The molecule has 0 aromatic carbocycles. The van der Waals surface area contributed by atoms with Crippen LogP contribution in [-0.2, 0) is 0 Å². The Morgan fingerprint density at radius 1 is 1.40 bits per heavy atom. The lowest BCUT2D eigenvalue weighted by Gasteiger charge is -2.32. The van der Waals surface area contributed by atoms with Crippen LogP contribution in [0.3, 0.4) is 0 Å². The second-order valence-electron chi connectivity index (χ2n) is 5.42. The molecule has 0 aromatic heterocycles. The highest BCUT2D eigenvalue weighted by Gasteiger charge is 2.18. The van der Waals surface area contributed by atoms with Gasteiger partial charge in [0.2, 0.25) is 0 Å². The van der Waals surface area contributed by atoms with Gasteiger partial charge in [-0.05, 0) is 63.6 Å². The van der Waals surface area contributed by atoms with E-state index in [1.807, 2.05) is 0 Å². The first-order chi connectivity index (χ1) is 7.22. The Labute approximate surface area is 95.2 Å². The van der Waals surface area contributed by atoms with Gasteiger partial charge in [0, 0.05) is 6.54 Å². The van der Waals surface area contributed by atoms with Crippen LogP contribution in [0, 0.1) is 11.8 Å². The minimum absolute atomic E-state index is 0.856. The van der Waals surface area contributed by atoms with Crippen molar-refractivity contribution in [3.05, 3.63) is 0 Å². The molecule has 1 rings (SSSR count). The maximum absolute atomic E-state index is 5.63. The summed E-state index contributed by atoms with van der Waals surface area (Å²) in [4.78, 5) is 2.65. The van der Waals surface area contributed by atoms with Gasteiger partial charge in [0.05, 0.1) is 0 Å². The van der Waals surface area contributed by atoms with Gasteiger partial charge in [0.15, 0.2) is 0 Å². The van der Waals surface area contributed by atoms with Crippen molar-refractivity contribution < 1.29 is 0 Å². The van der Waals surface area contributed by atoms with Crippen molar-refractivity contribution in [3.8, 4) is 0 Å². The molecule has 0 radical (unpaired) electrons. The van der Waals surface area contributed by atoms with Gasteiger partial charge in [-0.25, -0.2) is 0 Å². The molecule has 15 heavy (non-hydrogen) atoms. The number of nitrogens with two attached hydrogens (primary N) is 1. The summed E-state index contributed by atoms with van der Waals surface area (Å²) in [7, 11) is 0. The van der Waals surface area contributed by atoms with Gasteiger partial charge in [-0.15, -0.1) is 0 Å². The van der Waals surface area contributed by atoms with E-state index in [1.54, 1.807) is 0 Å². The SMILES string of the molecule is CC(C)CCCN1CCCC(CCN)C1. The molecule has 1 unspecified atom stereocenters. The van der Waals surface area contributed by atoms with Crippen molar-refractivity contribution in [2.75, 3.05) is 26.2 Å². The minimum Gasteiger partial charge on any atom is -0.330 e. The van der Waals surface area contributed by atoms with Crippen molar-refractivity contribution in [1.82, 2.24) is 4.90 Å². The molecule has 1 atom stereocenters. The van der Waals surface area contributed by atoms with E-state index in [9.17, 15) is 0 Å². The van der Waals surface area contributed by atoms with Gasteiger partial charge >= 0.3 is 0 Å². The van der Waals surface area contributed by atoms with Crippen LogP contribution < -0.4 is 5.73 Å².